The maximum absolute atomic E-state index is 11.5. The summed E-state index contributed by atoms with van der Waals surface area (Å²) in [4.78, 5) is 20.7. The predicted octanol–water partition coefficient (Wildman–Crippen LogP) is 2.56. The number of nitrogens with zero attached hydrogens (tertiary/aromatic N) is 3. The molecular formula is C19H25N3O3. The fourth-order valence-electron chi connectivity index (χ4n) is 3.53. The molecule has 134 valence electrons. The summed E-state index contributed by atoms with van der Waals surface area (Å²) >= 11 is 0. The molecule has 0 aliphatic carbocycles. The van der Waals surface area contributed by atoms with Crippen molar-refractivity contribution >= 4 is 5.97 Å². The summed E-state index contributed by atoms with van der Waals surface area (Å²) < 4.78 is 9.82. The highest BCUT2D eigenvalue weighted by atomic mass is 16.5. The second-order valence-corrected chi connectivity index (χ2v) is 6.73. The van der Waals surface area contributed by atoms with Crippen LogP contribution in [0.2, 0.25) is 0 Å². The van der Waals surface area contributed by atoms with Crippen LogP contribution < -0.4 is 0 Å². The molecule has 0 saturated carbocycles. The lowest BCUT2D eigenvalue weighted by atomic mass is 10.1. The van der Waals surface area contributed by atoms with Gasteiger partial charge in [-0.15, -0.1) is 0 Å². The third-order valence-electron chi connectivity index (χ3n) is 4.79. The second-order valence-electron chi connectivity index (χ2n) is 6.73. The lowest BCUT2D eigenvalue weighted by molar-refractivity contribution is 0.0281. The zero-order chi connectivity index (χ0) is 17.8. The quantitative estimate of drug-likeness (QED) is 0.778. The summed E-state index contributed by atoms with van der Waals surface area (Å²) in [6, 6.07) is 8.54. The molecule has 0 unspecified atom stereocenters. The second kappa shape index (κ2) is 7.80. The Kier molecular flexibility index (Phi) is 5.50. The molecule has 1 fully saturated rings. The SMILES string of the molecule is COC(=O)c1ccc(CN2C[C@@H](C)N(Cc3cocn3)[C@@H](C)C2)cc1. The van der Waals surface area contributed by atoms with Crippen LogP contribution in [0.3, 0.4) is 0 Å². The number of hydrogen-bond donors (Lipinski definition) is 0. The molecule has 1 saturated heterocycles. The van der Waals surface area contributed by atoms with Crippen molar-refractivity contribution in [1.82, 2.24) is 14.8 Å². The Morgan fingerprint density at radius 3 is 2.44 bits per heavy atom. The van der Waals surface area contributed by atoms with Crippen molar-refractivity contribution in [2.24, 2.45) is 0 Å². The van der Waals surface area contributed by atoms with Gasteiger partial charge >= 0.3 is 5.97 Å². The normalized spacial score (nSPS) is 22.0. The minimum atomic E-state index is -0.296. The molecule has 1 aliphatic heterocycles. The van der Waals surface area contributed by atoms with Crippen LogP contribution in [0.4, 0.5) is 0 Å². The van der Waals surface area contributed by atoms with E-state index >= 15 is 0 Å². The number of carbonyl (C=O) groups excluding carboxylic acids is 1. The van der Waals surface area contributed by atoms with E-state index < -0.39 is 0 Å². The van der Waals surface area contributed by atoms with Gasteiger partial charge in [0.05, 0.1) is 18.4 Å². The van der Waals surface area contributed by atoms with Gasteiger partial charge < -0.3 is 9.15 Å². The van der Waals surface area contributed by atoms with Gasteiger partial charge in [-0.3, -0.25) is 9.80 Å². The molecule has 6 nitrogen and oxygen atoms in total. The van der Waals surface area contributed by atoms with Crippen molar-refractivity contribution < 1.29 is 13.9 Å². The summed E-state index contributed by atoms with van der Waals surface area (Å²) in [5.74, 6) is -0.296. The molecule has 1 aromatic heterocycles. The first-order chi connectivity index (χ1) is 12.1. The Bertz CT molecular complexity index is 672. The van der Waals surface area contributed by atoms with E-state index in [0.717, 1.165) is 31.9 Å². The average molecular weight is 343 g/mol. The maximum atomic E-state index is 11.5. The maximum Gasteiger partial charge on any atom is 0.337 e. The number of carbonyl (C=O) groups is 1. The fraction of sp³-hybridized carbons (Fsp3) is 0.474. The lowest BCUT2D eigenvalue weighted by Gasteiger charge is -2.44. The fourth-order valence-corrected chi connectivity index (χ4v) is 3.53. The first-order valence-corrected chi connectivity index (χ1v) is 8.59. The van der Waals surface area contributed by atoms with Crippen LogP contribution >= 0.6 is 0 Å². The molecule has 0 bridgehead atoms. The summed E-state index contributed by atoms with van der Waals surface area (Å²) in [6.45, 7) is 8.21. The van der Waals surface area contributed by atoms with Crippen LogP contribution in [0.15, 0.2) is 41.3 Å². The molecular weight excluding hydrogens is 318 g/mol. The summed E-state index contributed by atoms with van der Waals surface area (Å²) in [7, 11) is 1.40. The van der Waals surface area contributed by atoms with E-state index in [-0.39, 0.29) is 5.97 Å². The summed E-state index contributed by atoms with van der Waals surface area (Å²) in [5.41, 5.74) is 2.77. The van der Waals surface area contributed by atoms with E-state index in [2.05, 4.69) is 28.6 Å². The van der Waals surface area contributed by atoms with Crippen LogP contribution in [-0.2, 0) is 17.8 Å². The van der Waals surface area contributed by atoms with E-state index in [4.69, 9.17) is 9.15 Å². The topological polar surface area (TPSA) is 58.8 Å². The third-order valence-corrected chi connectivity index (χ3v) is 4.79. The van der Waals surface area contributed by atoms with Gasteiger partial charge in [-0.05, 0) is 31.5 Å². The van der Waals surface area contributed by atoms with Gasteiger partial charge in [0.25, 0.3) is 0 Å². The van der Waals surface area contributed by atoms with Crippen molar-refractivity contribution in [2.75, 3.05) is 20.2 Å². The van der Waals surface area contributed by atoms with Crippen LogP contribution in [0.5, 0.6) is 0 Å². The Labute approximate surface area is 148 Å². The molecule has 0 N–H and O–H groups in total. The molecule has 1 aliphatic rings. The van der Waals surface area contributed by atoms with Crippen LogP contribution in [0.1, 0.15) is 35.5 Å². The number of benzene rings is 1. The highest BCUT2D eigenvalue weighted by Crippen LogP contribution is 2.20. The summed E-state index contributed by atoms with van der Waals surface area (Å²) in [5, 5.41) is 0. The smallest absolute Gasteiger partial charge is 0.337 e. The molecule has 1 aromatic carbocycles. The van der Waals surface area contributed by atoms with Gasteiger partial charge in [0.15, 0.2) is 6.39 Å². The number of rotatable bonds is 5. The van der Waals surface area contributed by atoms with Gasteiger partial charge in [-0.1, -0.05) is 12.1 Å². The Morgan fingerprint density at radius 2 is 1.88 bits per heavy atom. The van der Waals surface area contributed by atoms with Crippen molar-refractivity contribution in [3.63, 3.8) is 0 Å². The van der Waals surface area contributed by atoms with Gasteiger partial charge in [0, 0.05) is 38.3 Å². The van der Waals surface area contributed by atoms with Gasteiger partial charge in [-0.25, -0.2) is 9.78 Å². The number of aromatic nitrogens is 1. The van der Waals surface area contributed by atoms with Crippen molar-refractivity contribution in [1.29, 1.82) is 0 Å². The molecule has 2 aromatic rings. The zero-order valence-corrected chi connectivity index (χ0v) is 15.0. The van der Waals surface area contributed by atoms with E-state index in [0.29, 0.717) is 17.6 Å². The van der Waals surface area contributed by atoms with Gasteiger partial charge in [0.2, 0.25) is 0 Å². The number of methoxy groups -OCH3 is 1. The Balaban J connectivity index is 1.59. The third kappa shape index (κ3) is 4.27. The number of ether oxygens (including phenoxy) is 1. The predicted molar refractivity (Wildman–Crippen MR) is 94.0 cm³/mol. The summed E-state index contributed by atoms with van der Waals surface area (Å²) in [6.07, 6.45) is 3.20. The lowest BCUT2D eigenvalue weighted by Crippen LogP contribution is -2.55. The molecule has 0 radical (unpaired) electrons. The minimum Gasteiger partial charge on any atom is -0.465 e. The molecule has 0 amide bonds. The number of oxazole rings is 1. The highest BCUT2D eigenvalue weighted by molar-refractivity contribution is 5.89. The minimum absolute atomic E-state index is 0.296. The standard InChI is InChI=1S/C19H25N3O3/c1-14-8-21(9-15(2)22(14)11-18-12-25-13-20-18)10-16-4-6-17(7-5-16)19(23)24-3/h4-7,12-15H,8-11H2,1-3H3/t14-,15+. The largest absolute Gasteiger partial charge is 0.465 e. The molecule has 25 heavy (non-hydrogen) atoms. The van der Waals surface area contributed by atoms with Crippen LogP contribution in [0, 0.1) is 0 Å². The Morgan fingerprint density at radius 1 is 1.20 bits per heavy atom. The van der Waals surface area contributed by atoms with Crippen molar-refractivity contribution in [3.8, 4) is 0 Å². The first kappa shape index (κ1) is 17.6. The average Bonchev–Trinajstić information content (AvgIpc) is 3.11. The zero-order valence-electron chi connectivity index (χ0n) is 15.0. The van der Waals surface area contributed by atoms with Gasteiger partial charge in [-0.2, -0.15) is 0 Å². The van der Waals surface area contributed by atoms with E-state index in [1.54, 1.807) is 6.26 Å². The Hall–Kier alpha value is -2.18. The van der Waals surface area contributed by atoms with E-state index in [9.17, 15) is 4.79 Å². The van der Waals surface area contributed by atoms with Gasteiger partial charge in [0.1, 0.15) is 6.26 Å². The number of piperazine rings is 1. The van der Waals surface area contributed by atoms with E-state index in [1.807, 2.05) is 24.3 Å². The number of hydrogen-bond acceptors (Lipinski definition) is 6. The van der Waals surface area contributed by atoms with E-state index in [1.165, 1.54) is 19.1 Å². The van der Waals surface area contributed by atoms with Crippen molar-refractivity contribution in [2.45, 2.75) is 39.0 Å². The van der Waals surface area contributed by atoms with Crippen molar-refractivity contribution in [3.05, 3.63) is 53.7 Å². The molecule has 2 heterocycles. The first-order valence-electron chi connectivity index (χ1n) is 8.59. The monoisotopic (exact) mass is 343 g/mol. The molecule has 2 atom stereocenters. The molecule has 3 rings (SSSR count). The molecule has 6 heteroatoms. The van der Waals surface area contributed by atoms with Crippen LogP contribution in [-0.4, -0.2) is 53.0 Å². The number of esters is 1. The highest BCUT2D eigenvalue weighted by Gasteiger charge is 2.29. The van der Waals surface area contributed by atoms with Crippen LogP contribution in [0.25, 0.3) is 0 Å². The molecule has 0 spiro atoms.